The molecule has 1 aliphatic rings. The van der Waals surface area contributed by atoms with E-state index in [0.717, 1.165) is 17.9 Å². The van der Waals surface area contributed by atoms with Gasteiger partial charge in [0.25, 0.3) is 5.91 Å². The first kappa shape index (κ1) is 14.8. The summed E-state index contributed by atoms with van der Waals surface area (Å²) >= 11 is 0. The van der Waals surface area contributed by atoms with Crippen molar-refractivity contribution in [3.8, 4) is 0 Å². The minimum atomic E-state index is 0.0402. The highest BCUT2D eigenvalue weighted by molar-refractivity contribution is 5.92. The molecule has 0 fully saturated rings. The van der Waals surface area contributed by atoms with Crippen molar-refractivity contribution in [2.75, 3.05) is 0 Å². The molecule has 4 heterocycles. The van der Waals surface area contributed by atoms with Crippen LogP contribution in [0.2, 0.25) is 0 Å². The van der Waals surface area contributed by atoms with Crippen LogP contribution >= 0.6 is 0 Å². The van der Waals surface area contributed by atoms with Gasteiger partial charge in [-0.3, -0.25) is 9.48 Å². The van der Waals surface area contributed by atoms with E-state index in [-0.39, 0.29) is 11.9 Å². The quantitative estimate of drug-likeness (QED) is 0.802. The average Bonchev–Trinajstić information content (AvgIpc) is 3.33. The molecule has 0 radical (unpaired) electrons. The number of hydrogen-bond donors (Lipinski definition) is 1. The van der Waals surface area contributed by atoms with Gasteiger partial charge in [0, 0.05) is 30.2 Å². The SMILES string of the molecule is CC(C)n1nc(Cn2cccc2)c2c1CN(C(=O)c1ccc[nH]1)C2. The van der Waals surface area contributed by atoms with Gasteiger partial charge in [0.2, 0.25) is 0 Å². The smallest absolute Gasteiger partial charge is 0.270 e. The predicted molar refractivity (Wildman–Crippen MR) is 90.5 cm³/mol. The van der Waals surface area contributed by atoms with Gasteiger partial charge in [-0.2, -0.15) is 5.10 Å². The van der Waals surface area contributed by atoms with E-state index in [0.29, 0.717) is 18.8 Å². The number of H-pyrrole nitrogens is 1. The molecule has 24 heavy (non-hydrogen) atoms. The number of fused-ring (bicyclic) bond motifs is 1. The van der Waals surface area contributed by atoms with Crippen LogP contribution < -0.4 is 0 Å². The van der Waals surface area contributed by atoms with Crippen LogP contribution in [-0.2, 0) is 19.6 Å². The number of aromatic nitrogens is 4. The number of nitrogens with zero attached hydrogens (tertiary/aromatic N) is 4. The fraction of sp³-hybridized carbons (Fsp3) is 0.333. The van der Waals surface area contributed by atoms with Crippen LogP contribution in [0.4, 0.5) is 0 Å². The maximum Gasteiger partial charge on any atom is 0.270 e. The summed E-state index contributed by atoms with van der Waals surface area (Å²) < 4.78 is 4.18. The number of amides is 1. The Balaban J connectivity index is 1.65. The van der Waals surface area contributed by atoms with Crippen LogP contribution in [0.25, 0.3) is 0 Å². The Labute approximate surface area is 140 Å². The molecule has 1 aliphatic heterocycles. The lowest BCUT2D eigenvalue weighted by molar-refractivity contribution is 0.0742. The standard InChI is InChI=1S/C18H21N5O/c1-13(2)23-17-12-22(18(24)15-6-5-7-19-15)10-14(17)16(20-23)11-21-8-3-4-9-21/h3-9,13,19H,10-12H2,1-2H3. The zero-order valence-corrected chi connectivity index (χ0v) is 13.9. The van der Waals surface area contributed by atoms with Crippen molar-refractivity contribution in [2.24, 2.45) is 0 Å². The van der Waals surface area contributed by atoms with Gasteiger partial charge in [-0.25, -0.2) is 0 Å². The van der Waals surface area contributed by atoms with Crippen molar-refractivity contribution >= 4 is 5.91 Å². The van der Waals surface area contributed by atoms with Gasteiger partial charge >= 0.3 is 0 Å². The molecule has 0 bridgehead atoms. The highest BCUT2D eigenvalue weighted by atomic mass is 16.2. The maximum absolute atomic E-state index is 12.6. The Morgan fingerprint density at radius 1 is 1.25 bits per heavy atom. The largest absolute Gasteiger partial charge is 0.357 e. The molecule has 0 aliphatic carbocycles. The molecule has 0 saturated heterocycles. The van der Waals surface area contributed by atoms with E-state index in [1.807, 2.05) is 41.6 Å². The summed E-state index contributed by atoms with van der Waals surface area (Å²) in [6, 6.07) is 7.98. The van der Waals surface area contributed by atoms with Gasteiger partial charge in [-0.1, -0.05) is 0 Å². The van der Waals surface area contributed by atoms with E-state index >= 15 is 0 Å². The van der Waals surface area contributed by atoms with Gasteiger partial charge in [-0.05, 0) is 38.1 Å². The Bertz CT molecular complexity index is 842. The second kappa shape index (κ2) is 5.70. The molecule has 0 atom stereocenters. The van der Waals surface area contributed by atoms with Gasteiger partial charge in [0.1, 0.15) is 5.69 Å². The third-order valence-corrected chi connectivity index (χ3v) is 4.49. The van der Waals surface area contributed by atoms with Crippen LogP contribution in [0.1, 0.15) is 47.3 Å². The summed E-state index contributed by atoms with van der Waals surface area (Å²) in [5.41, 5.74) is 4.04. The monoisotopic (exact) mass is 323 g/mol. The van der Waals surface area contributed by atoms with E-state index in [4.69, 9.17) is 5.10 Å². The first-order valence-electron chi connectivity index (χ1n) is 8.26. The number of carbonyl (C=O) groups excluding carboxylic acids is 1. The first-order valence-corrected chi connectivity index (χ1v) is 8.26. The fourth-order valence-electron chi connectivity index (χ4n) is 3.31. The molecule has 1 N–H and O–H groups in total. The van der Waals surface area contributed by atoms with Crippen LogP contribution in [-0.4, -0.2) is 30.1 Å². The highest BCUT2D eigenvalue weighted by Crippen LogP contribution is 2.29. The molecule has 0 spiro atoms. The van der Waals surface area contributed by atoms with E-state index in [2.05, 4.69) is 28.1 Å². The maximum atomic E-state index is 12.6. The molecule has 6 heteroatoms. The summed E-state index contributed by atoms with van der Waals surface area (Å²) in [5, 5.41) is 4.81. The molecule has 4 rings (SSSR count). The average molecular weight is 323 g/mol. The van der Waals surface area contributed by atoms with Gasteiger partial charge in [-0.15, -0.1) is 0 Å². The number of carbonyl (C=O) groups is 1. The van der Waals surface area contributed by atoms with Crippen LogP contribution in [0.15, 0.2) is 42.9 Å². The van der Waals surface area contributed by atoms with Crippen LogP contribution in [0.3, 0.4) is 0 Å². The van der Waals surface area contributed by atoms with E-state index in [1.165, 1.54) is 5.56 Å². The second-order valence-electron chi connectivity index (χ2n) is 6.51. The lowest BCUT2D eigenvalue weighted by Gasteiger charge is -2.17. The third-order valence-electron chi connectivity index (χ3n) is 4.49. The minimum absolute atomic E-state index is 0.0402. The minimum Gasteiger partial charge on any atom is -0.357 e. The summed E-state index contributed by atoms with van der Waals surface area (Å²) in [4.78, 5) is 17.5. The molecule has 124 valence electrons. The van der Waals surface area contributed by atoms with Gasteiger partial charge in [0.15, 0.2) is 0 Å². The number of aromatic amines is 1. The normalized spacial score (nSPS) is 13.7. The van der Waals surface area contributed by atoms with Crippen molar-refractivity contribution in [1.29, 1.82) is 0 Å². The lowest BCUT2D eigenvalue weighted by Crippen LogP contribution is -2.27. The van der Waals surface area contributed by atoms with E-state index in [9.17, 15) is 4.79 Å². The predicted octanol–water partition coefficient (Wildman–Crippen LogP) is 2.80. The number of rotatable bonds is 4. The summed E-state index contributed by atoms with van der Waals surface area (Å²) in [6.45, 7) is 6.23. The summed E-state index contributed by atoms with van der Waals surface area (Å²) in [6.07, 6.45) is 5.86. The Morgan fingerprint density at radius 2 is 2.04 bits per heavy atom. The van der Waals surface area contributed by atoms with Crippen molar-refractivity contribution in [2.45, 2.75) is 39.5 Å². The van der Waals surface area contributed by atoms with E-state index in [1.54, 1.807) is 6.20 Å². The topological polar surface area (TPSA) is 58.9 Å². The fourth-order valence-corrected chi connectivity index (χ4v) is 3.31. The molecule has 0 aromatic carbocycles. The molecular weight excluding hydrogens is 302 g/mol. The number of nitrogens with one attached hydrogen (secondary N) is 1. The van der Waals surface area contributed by atoms with Crippen LogP contribution in [0.5, 0.6) is 0 Å². The van der Waals surface area contributed by atoms with Crippen molar-refractivity contribution in [3.05, 3.63) is 65.5 Å². The van der Waals surface area contributed by atoms with Crippen LogP contribution in [0, 0.1) is 0 Å². The van der Waals surface area contributed by atoms with E-state index < -0.39 is 0 Å². The Morgan fingerprint density at radius 3 is 2.71 bits per heavy atom. The molecule has 0 unspecified atom stereocenters. The Hall–Kier alpha value is -2.76. The molecule has 3 aromatic rings. The molecule has 3 aromatic heterocycles. The molecule has 0 saturated carbocycles. The van der Waals surface area contributed by atoms with Crippen molar-refractivity contribution in [3.63, 3.8) is 0 Å². The lowest BCUT2D eigenvalue weighted by atomic mass is 10.2. The van der Waals surface area contributed by atoms with Gasteiger partial charge < -0.3 is 14.5 Å². The molecule has 1 amide bonds. The zero-order valence-electron chi connectivity index (χ0n) is 13.9. The third kappa shape index (κ3) is 2.44. The first-order chi connectivity index (χ1) is 11.6. The second-order valence-corrected chi connectivity index (χ2v) is 6.51. The Kier molecular flexibility index (Phi) is 3.52. The van der Waals surface area contributed by atoms with Crippen molar-refractivity contribution < 1.29 is 4.79 Å². The molecule has 6 nitrogen and oxygen atoms in total. The zero-order chi connectivity index (χ0) is 16.7. The summed E-state index contributed by atoms with van der Waals surface area (Å²) in [5.74, 6) is 0.0402. The van der Waals surface area contributed by atoms with Gasteiger partial charge in [0.05, 0.1) is 31.0 Å². The van der Waals surface area contributed by atoms with Crippen molar-refractivity contribution in [1.82, 2.24) is 24.2 Å². The highest BCUT2D eigenvalue weighted by Gasteiger charge is 2.31. The molecular formula is C18H21N5O. The summed E-state index contributed by atoms with van der Waals surface area (Å²) in [7, 11) is 0. The number of hydrogen-bond acceptors (Lipinski definition) is 2.